The minimum absolute atomic E-state index is 0.0543. The first-order valence-corrected chi connectivity index (χ1v) is 12.5. The van der Waals surface area contributed by atoms with Crippen molar-refractivity contribution in [2.45, 2.75) is 39.0 Å². The van der Waals surface area contributed by atoms with Crippen molar-refractivity contribution in [1.29, 1.82) is 0 Å². The quantitative estimate of drug-likeness (QED) is 0.624. The predicted octanol–water partition coefficient (Wildman–Crippen LogP) is 3.40. The van der Waals surface area contributed by atoms with Crippen LogP contribution in [0.25, 0.3) is 10.2 Å². The molecule has 1 aliphatic heterocycles. The number of anilines is 1. The molecule has 0 spiro atoms. The van der Waals surface area contributed by atoms with Crippen LogP contribution in [0.5, 0.6) is 5.75 Å². The Hall–Kier alpha value is -2.87. The van der Waals surface area contributed by atoms with Gasteiger partial charge in [0.1, 0.15) is 16.4 Å². The standard InChI is InChI=1S/C25H30N4O3S/c1-16-6-7-19-20(14-16)33-25-23(19)24(31)26-21(27-25)8-9-22(30)29-12-10-28(11-13-29)17-4-3-5-18(15-17)32-2/h3-5,15-16H,6-14H2,1-2H3,(H,26,27,31). The molecule has 1 aromatic carbocycles. The van der Waals surface area contributed by atoms with Gasteiger partial charge in [0.25, 0.3) is 5.56 Å². The number of thiophene rings is 1. The van der Waals surface area contributed by atoms with E-state index in [-0.39, 0.29) is 11.5 Å². The fourth-order valence-corrected chi connectivity index (χ4v) is 6.32. The van der Waals surface area contributed by atoms with Gasteiger partial charge in [0.2, 0.25) is 5.91 Å². The highest BCUT2D eigenvalue weighted by Crippen LogP contribution is 2.35. The highest BCUT2D eigenvalue weighted by Gasteiger charge is 2.24. The van der Waals surface area contributed by atoms with E-state index in [1.165, 1.54) is 10.4 Å². The molecule has 1 atom stereocenters. The molecule has 1 saturated heterocycles. The number of nitrogens with one attached hydrogen (secondary N) is 1. The number of amides is 1. The van der Waals surface area contributed by atoms with Crippen LogP contribution in [0, 0.1) is 5.92 Å². The van der Waals surface area contributed by atoms with Crippen LogP contribution >= 0.6 is 11.3 Å². The summed E-state index contributed by atoms with van der Waals surface area (Å²) in [6, 6.07) is 8.02. The maximum atomic E-state index is 12.8. The van der Waals surface area contributed by atoms with E-state index < -0.39 is 0 Å². The minimum Gasteiger partial charge on any atom is -0.497 e. The van der Waals surface area contributed by atoms with Gasteiger partial charge in [-0.25, -0.2) is 4.98 Å². The molecular weight excluding hydrogens is 436 g/mol. The van der Waals surface area contributed by atoms with E-state index in [1.54, 1.807) is 18.4 Å². The number of aromatic nitrogens is 2. The summed E-state index contributed by atoms with van der Waals surface area (Å²) in [6.07, 6.45) is 3.93. The van der Waals surface area contributed by atoms with Crippen LogP contribution in [0.4, 0.5) is 5.69 Å². The monoisotopic (exact) mass is 466 g/mol. The third-order valence-corrected chi connectivity index (χ3v) is 7.99. The van der Waals surface area contributed by atoms with Gasteiger partial charge >= 0.3 is 0 Å². The Kier molecular flexibility index (Phi) is 6.10. The molecule has 3 aromatic rings. The molecule has 8 heteroatoms. The van der Waals surface area contributed by atoms with Crippen LogP contribution in [0.1, 0.15) is 36.0 Å². The lowest BCUT2D eigenvalue weighted by molar-refractivity contribution is -0.131. The molecule has 0 radical (unpaired) electrons. The molecule has 1 N–H and O–H groups in total. The summed E-state index contributed by atoms with van der Waals surface area (Å²) in [5, 5.41) is 0.769. The van der Waals surface area contributed by atoms with Gasteiger partial charge in [0, 0.05) is 55.7 Å². The number of benzene rings is 1. The second-order valence-corrected chi connectivity index (χ2v) is 10.2. The van der Waals surface area contributed by atoms with Gasteiger partial charge in [-0.2, -0.15) is 0 Å². The summed E-state index contributed by atoms with van der Waals surface area (Å²) in [6.45, 7) is 5.22. The van der Waals surface area contributed by atoms with Crippen LogP contribution in [-0.4, -0.2) is 54.1 Å². The second kappa shape index (κ2) is 9.17. The average Bonchev–Trinajstić information content (AvgIpc) is 3.20. The maximum Gasteiger partial charge on any atom is 0.259 e. The van der Waals surface area contributed by atoms with Gasteiger partial charge in [-0.05, 0) is 42.9 Å². The molecular formula is C25H30N4O3S. The number of piperazine rings is 1. The molecule has 1 unspecified atom stereocenters. The number of carbonyl (C=O) groups is 1. The summed E-state index contributed by atoms with van der Waals surface area (Å²) in [5.41, 5.74) is 2.25. The lowest BCUT2D eigenvalue weighted by atomic mass is 9.89. The van der Waals surface area contributed by atoms with E-state index in [9.17, 15) is 9.59 Å². The zero-order valence-electron chi connectivity index (χ0n) is 19.2. The molecule has 2 aromatic heterocycles. The van der Waals surface area contributed by atoms with Crippen LogP contribution in [0.2, 0.25) is 0 Å². The zero-order chi connectivity index (χ0) is 22.9. The molecule has 1 fully saturated rings. The number of rotatable bonds is 5. The van der Waals surface area contributed by atoms with E-state index in [1.807, 2.05) is 23.1 Å². The van der Waals surface area contributed by atoms with Crippen molar-refractivity contribution in [2.75, 3.05) is 38.2 Å². The van der Waals surface area contributed by atoms with Crippen molar-refractivity contribution in [3.05, 3.63) is 50.9 Å². The third-order valence-electron chi connectivity index (χ3n) is 6.84. The van der Waals surface area contributed by atoms with Crippen molar-refractivity contribution >= 4 is 33.1 Å². The predicted molar refractivity (Wildman–Crippen MR) is 132 cm³/mol. The van der Waals surface area contributed by atoms with Crippen molar-refractivity contribution in [3.8, 4) is 5.75 Å². The Bertz CT molecular complexity index is 1230. The van der Waals surface area contributed by atoms with E-state index in [4.69, 9.17) is 9.72 Å². The number of hydrogen-bond acceptors (Lipinski definition) is 6. The smallest absolute Gasteiger partial charge is 0.259 e. The molecule has 0 bridgehead atoms. The summed E-state index contributed by atoms with van der Waals surface area (Å²) >= 11 is 1.65. The van der Waals surface area contributed by atoms with Crippen LogP contribution in [0.3, 0.4) is 0 Å². The van der Waals surface area contributed by atoms with Crippen molar-refractivity contribution in [1.82, 2.24) is 14.9 Å². The Morgan fingerprint density at radius 3 is 2.88 bits per heavy atom. The maximum absolute atomic E-state index is 12.8. The normalized spacial score (nSPS) is 18.4. The Balaban J connectivity index is 1.20. The van der Waals surface area contributed by atoms with Gasteiger partial charge in [-0.1, -0.05) is 13.0 Å². The molecule has 174 valence electrons. The number of H-pyrrole nitrogens is 1. The van der Waals surface area contributed by atoms with E-state index in [2.05, 4.69) is 22.9 Å². The molecule has 33 heavy (non-hydrogen) atoms. The Morgan fingerprint density at radius 2 is 2.09 bits per heavy atom. The number of nitrogens with zero attached hydrogens (tertiary/aromatic N) is 3. The first kappa shape index (κ1) is 21.9. The average molecular weight is 467 g/mol. The van der Waals surface area contributed by atoms with Crippen molar-refractivity contribution in [2.24, 2.45) is 5.92 Å². The number of carbonyl (C=O) groups excluding carboxylic acids is 1. The second-order valence-electron chi connectivity index (χ2n) is 9.11. The topological polar surface area (TPSA) is 78.5 Å². The fourth-order valence-electron chi connectivity index (χ4n) is 4.92. The lowest BCUT2D eigenvalue weighted by Gasteiger charge is -2.36. The SMILES string of the molecule is COc1cccc(N2CCN(C(=O)CCc3nc4sc5c(c4c(=O)[nH]3)CCC(C)C5)CC2)c1. The molecule has 1 amide bonds. The summed E-state index contributed by atoms with van der Waals surface area (Å²) in [5.74, 6) is 2.22. The van der Waals surface area contributed by atoms with E-state index in [0.717, 1.165) is 54.0 Å². The largest absolute Gasteiger partial charge is 0.497 e. The number of aromatic amines is 1. The van der Waals surface area contributed by atoms with E-state index >= 15 is 0 Å². The summed E-state index contributed by atoms with van der Waals surface area (Å²) in [7, 11) is 1.67. The number of fused-ring (bicyclic) bond motifs is 3. The first-order chi connectivity index (χ1) is 16.0. The minimum atomic E-state index is -0.0543. The zero-order valence-corrected chi connectivity index (χ0v) is 20.0. The molecule has 2 aliphatic rings. The fraction of sp³-hybridized carbons (Fsp3) is 0.480. The number of hydrogen-bond donors (Lipinski definition) is 1. The molecule has 0 saturated carbocycles. The van der Waals surface area contributed by atoms with Gasteiger partial charge in [-0.15, -0.1) is 11.3 Å². The van der Waals surface area contributed by atoms with Gasteiger partial charge in [0.15, 0.2) is 0 Å². The third kappa shape index (κ3) is 4.49. The number of methoxy groups -OCH3 is 1. The van der Waals surface area contributed by atoms with Crippen molar-refractivity contribution < 1.29 is 9.53 Å². The van der Waals surface area contributed by atoms with Crippen LogP contribution < -0.4 is 15.2 Å². The molecule has 1 aliphatic carbocycles. The Morgan fingerprint density at radius 1 is 1.27 bits per heavy atom. The number of ether oxygens (including phenoxy) is 1. The first-order valence-electron chi connectivity index (χ1n) is 11.7. The lowest BCUT2D eigenvalue weighted by Crippen LogP contribution is -2.48. The molecule has 7 nitrogen and oxygen atoms in total. The molecule has 5 rings (SSSR count). The van der Waals surface area contributed by atoms with Crippen molar-refractivity contribution in [3.63, 3.8) is 0 Å². The van der Waals surface area contributed by atoms with Gasteiger partial charge in [0.05, 0.1) is 12.5 Å². The molecule has 3 heterocycles. The Labute approximate surface area is 197 Å². The highest BCUT2D eigenvalue weighted by atomic mass is 32.1. The van der Waals surface area contributed by atoms with E-state index in [0.29, 0.717) is 37.7 Å². The van der Waals surface area contributed by atoms with Crippen LogP contribution in [0.15, 0.2) is 29.1 Å². The summed E-state index contributed by atoms with van der Waals surface area (Å²) in [4.78, 5) is 39.6. The summed E-state index contributed by atoms with van der Waals surface area (Å²) < 4.78 is 5.32. The van der Waals surface area contributed by atoms with Gasteiger partial charge in [-0.3, -0.25) is 9.59 Å². The van der Waals surface area contributed by atoms with Gasteiger partial charge < -0.3 is 19.5 Å². The van der Waals surface area contributed by atoms with Crippen LogP contribution in [-0.2, 0) is 24.1 Å². The number of aryl methyl sites for hydroxylation is 2. The highest BCUT2D eigenvalue weighted by molar-refractivity contribution is 7.18.